The third kappa shape index (κ3) is 3.29. The number of tetrazole rings is 1. The Morgan fingerprint density at radius 3 is 2.55 bits per heavy atom. The number of nitrogens with one attached hydrogen (secondary N) is 1. The van der Waals surface area contributed by atoms with Crippen LogP contribution in [0.2, 0.25) is 5.02 Å². The number of hydrogen-bond donors (Lipinski definition) is 1. The zero-order valence-electron chi connectivity index (χ0n) is 11.5. The molecule has 6 nitrogen and oxygen atoms in total. The average molecular weight is 314 g/mol. The van der Waals surface area contributed by atoms with Gasteiger partial charge in [0, 0.05) is 16.3 Å². The van der Waals surface area contributed by atoms with E-state index in [0.29, 0.717) is 16.5 Å². The molecule has 0 unspecified atom stereocenters. The molecule has 22 heavy (non-hydrogen) atoms. The molecule has 1 amide bonds. The molecule has 3 rings (SSSR count). The van der Waals surface area contributed by atoms with Crippen LogP contribution in [-0.2, 0) is 11.3 Å². The highest BCUT2D eigenvalue weighted by molar-refractivity contribution is 6.30. The summed E-state index contributed by atoms with van der Waals surface area (Å²) in [5.41, 5.74) is 1.52. The lowest BCUT2D eigenvalue weighted by atomic mass is 10.2. The minimum absolute atomic E-state index is 0.0276. The first-order valence-electron chi connectivity index (χ1n) is 6.59. The van der Waals surface area contributed by atoms with Crippen molar-refractivity contribution in [2.75, 3.05) is 5.32 Å². The molecule has 0 spiro atoms. The standard InChI is InChI=1S/C15H12ClN5O/c16-12-6-8-13(9-7-12)17-14(22)10-21-15(18-19-20-21)11-4-2-1-3-5-11/h1-9H,10H2,(H,17,22). The second kappa shape index (κ2) is 6.36. The Hall–Kier alpha value is -2.73. The minimum Gasteiger partial charge on any atom is -0.324 e. The molecule has 0 aliphatic rings. The molecule has 2 aromatic carbocycles. The van der Waals surface area contributed by atoms with Crippen molar-refractivity contribution in [2.24, 2.45) is 0 Å². The molecule has 0 bridgehead atoms. The molecule has 1 N–H and O–H groups in total. The van der Waals surface area contributed by atoms with Gasteiger partial charge < -0.3 is 5.32 Å². The molecule has 0 aliphatic carbocycles. The number of carbonyl (C=O) groups excluding carboxylic acids is 1. The van der Waals surface area contributed by atoms with E-state index in [1.807, 2.05) is 30.3 Å². The van der Waals surface area contributed by atoms with Crippen LogP contribution in [0.3, 0.4) is 0 Å². The van der Waals surface area contributed by atoms with Gasteiger partial charge in [0.1, 0.15) is 6.54 Å². The summed E-state index contributed by atoms with van der Waals surface area (Å²) < 4.78 is 1.46. The van der Waals surface area contributed by atoms with Gasteiger partial charge >= 0.3 is 0 Å². The van der Waals surface area contributed by atoms with Gasteiger partial charge in [0.2, 0.25) is 5.91 Å². The van der Waals surface area contributed by atoms with E-state index >= 15 is 0 Å². The highest BCUT2D eigenvalue weighted by atomic mass is 35.5. The summed E-state index contributed by atoms with van der Waals surface area (Å²) in [6.45, 7) is 0.0276. The van der Waals surface area contributed by atoms with E-state index in [0.717, 1.165) is 5.56 Å². The molecule has 1 heterocycles. The second-order valence-corrected chi connectivity index (χ2v) is 5.02. The van der Waals surface area contributed by atoms with Gasteiger partial charge in [-0.3, -0.25) is 4.79 Å². The number of aromatic nitrogens is 4. The number of rotatable bonds is 4. The number of hydrogen-bond acceptors (Lipinski definition) is 4. The van der Waals surface area contributed by atoms with Crippen LogP contribution >= 0.6 is 11.6 Å². The molecule has 3 aromatic rings. The highest BCUT2D eigenvalue weighted by Crippen LogP contribution is 2.16. The van der Waals surface area contributed by atoms with E-state index in [9.17, 15) is 4.79 Å². The Morgan fingerprint density at radius 2 is 1.82 bits per heavy atom. The van der Waals surface area contributed by atoms with Crippen molar-refractivity contribution in [3.63, 3.8) is 0 Å². The van der Waals surface area contributed by atoms with Crippen molar-refractivity contribution < 1.29 is 4.79 Å². The average Bonchev–Trinajstić information content (AvgIpc) is 2.98. The van der Waals surface area contributed by atoms with Crippen LogP contribution in [0.25, 0.3) is 11.4 Å². The molecule has 110 valence electrons. The van der Waals surface area contributed by atoms with Crippen molar-refractivity contribution in [3.05, 3.63) is 59.6 Å². The van der Waals surface area contributed by atoms with Gasteiger partial charge in [0.25, 0.3) is 0 Å². The number of amides is 1. The van der Waals surface area contributed by atoms with Gasteiger partial charge in [0.15, 0.2) is 5.82 Å². The fourth-order valence-electron chi connectivity index (χ4n) is 1.97. The number of anilines is 1. The molecule has 0 atom stereocenters. The smallest absolute Gasteiger partial charge is 0.246 e. The lowest BCUT2D eigenvalue weighted by Crippen LogP contribution is -2.20. The summed E-state index contributed by atoms with van der Waals surface area (Å²) in [6, 6.07) is 16.4. The monoisotopic (exact) mass is 313 g/mol. The molecule has 7 heteroatoms. The van der Waals surface area contributed by atoms with Crippen molar-refractivity contribution in [3.8, 4) is 11.4 Å². The van der Waals surface area contributed by atoms with Gasteiger partial charge in [-0.25, -0.2) is 4.68 Å². The van der Waals surface area contributed by atoms with Crippen LogP contribution in [0.1, 0.15) is 0 Å². The maximum atomic E-state index is 12.1. The number of benzene rings is 2. The summed E-state index contributed by atoms with van der Waals surface area (Å²) in [7, 11) is 0. The Kier molecular flexibility index (Phi) is 4.11. The van der Waals surface area contributed by atoms with Crippen molar-refractivity contribution in [1.82, 2.24) is 20.2 Å². The van der Waals surface area contributed by atoms with Gasteiger partial charge in [-0.05, 0) is 34.7 Å². The molecular formula is C15H12ClN5O. The van der Waals surface area contributed by atoms with Crippen LogP contribution < -0.4 is 5.32 Å². The number of halogens is 1. The Morgan fingerprint density at radius 1 is 1.09 bits per heavy atom. The van der Waals surface area contributed by atoms with Crippen LogP contribution in [0.5, 0.6) is 0 Å². The quantitative estimate of drug-likeness (QED) is 0.803. The van der Waals surface area contributed by atoms with E-state index in [1.54, 1.807) is 24.3 Å². The lowest BCUT2D eigenvalue weighted by molar-refractivity contribution is -0.116. The fourth-order valence-corrected chi connectivity index (χ4v) is 2.10. The fraction of sp³-hybridized carbons (Fsp3) is 0.0667. The summed E-state index contributed by atoms with van der Waals surface area (Å²) in [6.07, 6.45) is 0. The zero-order valence-corrected chi connectivity index (χ0v) is 12.2. The predicted molar refractivity (Wildman–Crippen MR) is 83.3 cm³/mol. The highest BCUT2D eigenvalue weighted by Gasteiger charge is 2.12. The summed E-state index contributed by atoms with van der Waals surface area (Å²) in [5.74, 6) is 0.332. The molecule has 0 saturated carbocycles. The first-order valence-corrected chi connectivity index (χ1v) is 6.97. The minimum atomic E-state index is -0.216. The molecular weight excluding hydrogens is 302 g/mol. The maximum Gasteiger partial charge on any atom is 0.246 e. The summed E-state index contributed by atoms with van der Waals surface area (Å²) in [4.78, 5) is 12.1. The van der Waals surface area contributed by atoms with Gasteiger partial charge in [-0.2, -0.15) is 0 Å². The third-order valence-corrected chi connectivity index (χ3v) is 3.24. The van der Waals surface area contributed by atoms with Crippen LogP contribution in [0, 0.1) is 0 Å². The van der Waals surface area contributed by atoms with E-state index in [1.165, 1.54) is 4.68 Å². The predicted octanol–water partition coefficient (Wildman–Crippen LogP) is 2.63. The SMILES string of the molecule is O=C(Cn1nnnc1-c1ccccc1)Nc1ccc(Cl)cc1. The van der Waals surface area contributed by atoms with E-state index in [2.05, 4.69) is 20.8 Å². The normalized spacial score (nSPS) is 10.4. The summed E-state index contributed by atoms with van der Waals surface area (Å²) in [5, 5.41) is 14.8. The van der Waals surface area contributed by atoms with Crippen molar-refractivity contribution in [2.45, 2.75) is 6.54 Å². The van der Waals surface area contributed by atoms with E-state index in [-0.39, 0.29) is 12.5 Å². The van der Waals surface area contributed by atoms with Gasteiger partial charge in [-0.15, -0.1) is 5.10 Å². The number of nitrogens with zero attached hydrogens (tertiary/aromatic N) is 4. The number of carbonyl (C=O) groups is 1. The summed E-state index contributed by atoms with van der Waals surface area (Å²) >= 11 is 5.81. The molecule has 1 aromatic heterocycles. The molecule has 0 radical (unpaired) electrons. The van der Waals surface area contributed by atoms with E-state index < -0.39 is 0 Å². The lowest BCUT2D eigenvalue weighted by Gasteiger charge is -2.06. The zero-order chi connectivity index (χ0) is 15.4. The first-order chi connectivity index (χ1) is 10.7. The molecule has 0 saturated heterocycles. The maximum absolute atomic E-state index is 12.1. The van der Waals surface area contributed by atoms with Crippen LogP contribution in [0.4, 0.5) is 5.69 Å². The first kappa shape index (κ1) is 14.2. The molecule has 0 aliphatic heterocycles. The largest absolute Gasteiger partial charge is 0.324 e. The van der Waals surface area contributed by atoms with Crippen LogP contribution in [-0.4, -0.2) is 26.1 Å². The van der Waals surface area contributed by atoms with E-state index in [4.69, 9.17) is 11.6 Å². The molecule has 0 fully saturated rings. The van der Waals surface area contributed by atoms with Gasteiger partial charge in [0.05, 0.1) is 0 Å². The second-order valence-electron chi connectivity index (χ2n) is 4.58. The third-order valence-electron chi connectivity index (χ3n) is 2.99. The van der Waals surface area contributed by atoms with Crippen LogP contribution in [0.15, 0.2) is 54.6 Å². The Labute approximate surface area is 131 Å². The van der Waals surface area contributed by atoms with Crippen molar-refractivity contribution in [1.29, 1.82) is 0 Å². The Balaban J connectivity index is 1.73. The van der Waals surface area contributed by atoms with Crippen molar-refractivity contribution >= 4 is 23.2 Å². The van der Waals surface area contributed by atoms with Gasteiger partial charge in [-0.1, -0.05) is 41.9 Å². The Bertz CT molecular complexity index is 770. The topological polar surface area (TPSA) is 72.7 Å².